The van der Waals surface area contributed by atoms with Crippen molar-refractivity contribution in [3.8, 4) is 0 Å². The minimum Gasteiger partial charge on any atom is -0.481 e. The summed E-state index contributed by atoms with van der Waals surface area (Å²) in [6.07, 6.45) is 1.96. The first-order valence-corrected chi connectivity index (χ1v) is 6.38. The Balaban J connectivity index is 2.18. The number of nitrogens with zero attached hydrogens (tertiary/aromatic N) is 2. The van der Waals surface area contributed by atoms with Crippen LogP contribution in [0.3, 0.4) is 0 Å². The summed E-state index contributed by atoms with van der Waals surface area (Å²) in [7, 11) is 1.80. The summed E-state index contributed by atoms with van der Waals surface area (Å²) in [5.74, 6) is -0.352. The lowest BCUT2D eigenvalue weighted by molar-refractivity contribution is -0.137. The average molecular weight is 266 g/mol. The summed E-state index contributed by atoms with van der Waals surface area (Å²) in [6, 6.07) is -0.520. The molecular formula is C12H18N4O3. The monoisotopic (exact) mass is 266 g/mol. The van der Waals surface area contributed by atoms with Crippen LogP contribution in [0.1, 0.15) is 31.9 Å². The maximum absolute atomic E-state index is 11.9. The lowest BCUT2D eigenvalue weighted by atomic mass is 10.1. The molecule has 1 aliphatic rings. The molecule has 0 aromatic carbocycles. The number of hydrogen-bond acceptors (Lipinski definition) is 4. The van der Waals surface area contributed by atoms with Crippen LogP contribution in [0.4, 0.5) is 11.5 Å². The van der Waals surface area contributed by atoms with Gasteiger partial charge < -0.3 is 15.7 Å². The first-order chi connectivity index (χ1) is 9.02. The fourth-order valence-electron chi connectivity index (χ4n) is 2.20. The number of aryl methyl sites for hydroxylation is 2. The van der Waals surface area contributed by atoms with Crippen LogP contribution >= 0.6 is 0 Å². The summed E-state index contributed by atoms with van der Waals surface area (Å²) in [5.41, 5.74) is 1.58. The van der Waals surface area contributed by atoms with Gasteiger partial charge in [0.2, 0.25) is 5.91 Å². The molecule has 1 aromatic heterocycles. The van der Waals surface area contributed by atoms with E-state index in [1.807, 2.05) is 0 Å². The number of hydrogen-bond donors (Lipinski definition) is 3. The molecule has 1 aromatic rings. The normalized spacial score (nSPS) is 17.6. The third-order valence-corrected chi connectivity index (χ3v) is 3.13. The van der Waals surface area contributed by atoms with Crippen LogP contribution in [0.15, 0.2) is 0 Å². The van der Waals surface area contributed by atoms with E-state index in [2.05, 4.69) is 22.7 Å². The molecule has 0 saturated carbocycles. The van der Waals surface area contributed by atoms with E-state index >= 15 is 0 Å². The molecule has 0 saturated heterocycles. The van der Waals surface area contributed by atoms with Gasteiger partial charge in [0.15, 0.2) is 0 Å². The van der Waals surface area contributed by atoms with Gasteiger partial charge in [-0.2, -0.15) is 5.10 Å². The highest BCUT2D eigenvalue weighted by molar-refractivity contribution is 6.03. The first-order valence-electron chi connectivity index (χ1n) is 6.38. The van der Waals surface area contributed by atoms with E-state index in [1.54, 1.807) is 11.7 Å². The summed E-state index contributed by atoms with van der Waals surface area (Å²) in [4.78, 5) is 22.5. The van der Waals surface area contributed by atoms with Gasteiger partial charge in [-0.1, -0.05) is 13.3 Å². The molecule has 3 N–H and O–H groups in total. The highest BCUT2D eigenvalue weighted by Crippen LogP contribution is 2.31. The van der Waals surface area contributed by atoms with Crippen LogP contribution in [0.2, 0.25) is 0 Å². The molecular weight excluding hydrogens is 248 g/mol. The van der Waals surface area contributed by atoms with Gasteiger partial charge in [-0.25, -0.2) is 0 Å². The molecule has 0 fully saturated rings. The van der Waals surface area contributed by atoms with Crippen LogP contribution in [-0.2, 0) is 23.1 Å². The van der Waals surface area contributed by atoms with Gasteiger partial charge in [0.25, 0.3) is 0 Å². The fourth-order valence-corrected chi connectivity index (χ4v) is 2.20. The van der Waals surface area contributed by atoms with E-state index in [1.165, 1.54) is 0 Å². The van der Waals surface area contributed by atoms with Crippen LogP contribution in [-0.4, -0.2) is 32.8 Å². The van der Waals surface area contributed by atoms with Crippen molar-refractivity contribution in [3.63, 3.8) is 0 Å². The second-order valence-electron chi connectivity index (χ2n) is 4.66. The number of nitrogens with one attached hydrogen (secondary N) is 2. The second kappa shape index (κ2) is 5.29. The van der Waals surface area contributed by atoms with Gasteiger partial charge in [0, 0.05) is 13.5 Å². The zero-order valence-electron chi connectivity index (χ0n) is 11.1. The standard InChI is InChI=1S/C12H18N4O3/c1-3-4-7-10-11(16(2)15-7)13-8(12(19)14-10)5-6-9(17)18/h8,13H,3-6H2,1-2H3,(H,14,19)(H,17,18). The van der Waals surface area contributed by atoms with Crippen LogP contribution in [0.25, 0.3) is 0 Å². The van der Waals surface area contributed by atoms with Crippen LogP contribution < -0.4 is 10.6 Å². The molecule has 1 unspecified atom stereocenters. The number of amides is 1. The topological polar surface area (TPSA) is 96.2 Å². The molecule has 0 aliphatic carbocycles. The number of carboxylic acids is 1. The highest BCUT2D eigenvalue weighted by Gasteiger charge is 2.30. The van der Waals surface area contributed by atoms with Crippen molar-refractivity contribution in [2.24, 2.45) is 7.05 Å². The fraction of sp³-hybridized carbons (Fsp3) is 0.583. The zero-order valence-corrected chi connectivity index (χ0v) is 11.1. The summed E-state index contributed by atoms with van der Waals surface area (Å²) in [6.45, 7) is 2.05. The summed E-state index contributed by atoms with van der Waals surface area (Å²) in [5, 5.41) is 19.0. The highest BCUT2D eigenvalue weighted by atomic mass is 16.4. The average Bonchev–Trinajstić information content (AvgIpc) is 2.63. The Morgan fingerprint density at radius 1 is 1.53 bits per heavy atom. The minimum absolute atomic E-state index is 0.0416. The molecule has 19 heavy (non-hydrogen) atoms. The minimum atomic E-state index is -0.905. The van der Waals surface area contributed by atoms with Crippen molar-refractivity contribution in [1.82, 2.24) is 9.78 Å². The quantitative estimate of drug-likeness (QED) is 0.738. The molecule has 1 atom stereocenters. The molecule has 2 rings (SSSR count). The number of carbonyl (C=O) groups excluding carboxylic acids is 1. The number of rotatable bonds is 5. The molecule has 104 valence electrons. The Kier molecular flexibility index (Phi) is 3.73. The van der Waals surface area contributed by atoms with E-state index < -0.39 is 12.0 Å². The predicted octanol–water partition coefficient (Wildman–Crippen LogP) is 0.970. The van der Waals surface area contributed by atoms with Gasteiger partial charge in [-0.3, -0.25) is 14.3 Å². The molecule has 0 spiro atoms. The number of anilines is 2. The van der Waals surface area contributed by atoms with Crippen molar-refractivity contribution in [2.75, 3.05) is 10.6 Å². The molecule has 2 heterocycles. The Hall–Kier alpha value is -2.05. The molecule has 7 heteroatoms. The van der Waals surface area contributed by atoms with Crippen molar-refractivity contribution in [2.45, 2.75) is 38.6 Å². The number of aliphatic carboxylic acids is 1. The van der Waals surface area contributed by atoms with Gasteiger partial charge in [0.1, 0.15) is 17.5 Å². The summed E-state index contributed by atoms with van der Waals surface area (Å²) < 4.78 is 1.69. The Morgan fingerprint density at radius 2 is 2.26 bits per heavy atom. The summed E-state index contributed by atoms with van der Waals surface area (Å²) >= 11 is 0. The van der Waals surface area contributed by atoms with Crippen molar-refractivity contribution in [1.29, 1.82) is 0 Å². The van der Waals surface area contributed by atoms with Gasteiger partial charge in [-0.05, 0) is 12.8 Å². The molecule has 1 aliphatic heterocycles. The Labute approximate surface area is 111 Å². The zero-order chi connectivity index (χ0) is 14.0. The number of fused-ring (bicyclic) bond motifs is 1. The Morgan fingerprint density at radius 3 is 2.89 bits per heavy atom. The molecule has 7 nitrogen and oxygen atoms in total. The van der Waals surface area contributed by atoms with Crippen LogP contribution in [0, 0.1) is 0 Å². The third-order valence-electron chi connectivity index (χ3n) is 3.13. The van der Waals surface area contributed by atoms with Crippen molar-refractivity contribution in [3.05, 3.63) is 5.69 Å². The maximum atomic E-state index is 11.9. The van der Waals surface area contributed by atoms with E-state index in [-0.39, 0.29) is 18.7 Å². The van der Waals surface area contributed by atoms with Gasteiger partial charge >= 0.3 is 5.97 Å². The van der Waals surface area contributed by atoms with Crippen molar-refractivity contribution < 1.29 is 14.7 Å². The van der Waals surface area contributed by atoms with E-state index in [0.717, 1.165) is 30.0 Å². The number of aromatic nitrogens is 2. The number of carboxylic acid groups (broad SMARTS) is 1. The van der Waals surface area contributed by atoms with E-state index in [4.69, 9.17) is 5.11 Å². The van der Waals surface area contributed by atoms with Gasteiger partial charge in [-0.15, -0.1) is 0 Å². The maximum Gasteiger partial charge on any atom is 0.303 e. The smallest absolute Gasteiger partial charge is 0.303 e. The molecule has 0 bridgehead atoms. The van der Waals surface area contributed by atoms with Crippen LogP contribution in [0.5, 0.6) is 0 Å². The largest absolute Gasteiger partial charge is 0.481 e. The van der Waals surface area contributed by atoms with Crippen molar-refractivity contribution >= 4 is 23.4 Å². The van der Waals surface area contributed by atoms with Gasteiger partial charge in [0.05, 0.1) is 5.69 Å². The lowest BCUT2D eigenvalue weighted by Gasteiger charge is -2.24. The molecule has 1 amide bonds. The molecule has 0 radical (unpaired) electrons. The first kappa shape index (κ1) is 13.4. The van der Waals surface area contributed by atoms with E-state index in [0.29, 0.717) is 0 Å². The third kappa shape index (κ3) is 2.69. The SMILES string of the molecule is CCCc1nn(C)c2c1NC(=O)C(CCC(=O)O)N2. The Bertz CT molecular complexity index is 509. The second-order valence-corrected chi connectivity index (χ2v) is 4.66. The predicted molar refractivity (Wildman–Crippen MR) is 70.1 cm³/mol. The number of carbonyl (C=O) groups is 2. The lowest BCUT2D eigenvalue weighted by Crippen LogP contribution is -2.39. The van der Waals surface area contributed by atoms with E-state index in [9.17, 15) is 9.59 Å².